The molecule has 1 aliphatic rings. The van der Waals surface area contributed by atoms with Crippen LogP contribution in [-0.4, -0.2) is 42.5 Å². The van der Waals surface area contributed by atoms with Gasteiger partial charge in [-0.05, 0) is 30.5 Å². The molecule has 0 saturated carbocycles. The van der Waals surface area contributed by atoms with Crippen LogP contribution in [0.4, 0.5) is 5.69 Å². The first kappa shape index (κ1) is 18.2. The monoisotopic (exact) mass is 329 g/mol. The van der Waals surface area contributed by atoms with Gasteiger partial charge in [0.2, 0.25) is 0 Å². The molecule has 8 heteroatoms. The molecule has 1 saturated heterocycles. The third-order valence-electron chi connectivity index (χ3n) is 3.97. The Morgan fingerprint density at radius 3 is 2.73 bits per heavy atom. The number of carbonyl (C=O) groups excluding carboxylic acids is 1. The molecule has 1 heterocycles. The van der Waals surface area contributed by atoms with Gasteiger partial charge in [0.25, 0.3) is 11.6 Å². The van der Waals surface area contributed by atoms with Crippen LogP contribution in [0.25, 0.3) is 0 Å². The lowest BCUT2D eigenvalue weighted by atomic mass is 9.90. The van der Waals surface area contributed by atoms with Crippen molar-refractivity contribution in [1.29, 1.82) is 0 Å². The smallest absolute Gasteiger partial charge is 0.282 e. The summed E-state index contributed by atoms with van der Waals surface area (Å²) < 4.78 is 5.05. The Hall–Kier alpha value is -1.86. The molecule has 1 atom stereocenters. The van der Waals surface area contributed by atoms with Gasteiger partial charge in [0.05, 0.1) is 12.0 Å². The summed E-state index contributed by atoms with van der Waals surface area (Å²) >= 11 is 0. The van der Waals surface area contributed by atoms with E-state index in [0.29, 0.717) is 25.4 Å². The van der Waals surface area contributed by atoms with Crippen molar-refractivity contribution in [2.45, 2.75) is 13.3 Å². The molecular formula is C14H20ClN3O4. The van der Waals surface area contributed by atoms with Crippen LogP contribution in [0.3, 0.4) is 0 Å². The van der Waals surface area contributed by atoms with Gasteiger partial charge in [0.15, 0.2) is 0 Å². The Balaban J connectivity index is 0.00000242. The van der Waals surface area contributed by atoms with E-state index in [1.807, 2.05) is 6.92 Å². The van der Waals surface area contributed by atoms with Gasteiger partial charge in [-0.2, -0.15) is 0 Å². The highest BCUT2D eigenvalue weighted by molar-refractivity contribution is 5.98. The average Bonchev–Trinajstić information content (AvgIpc) is 2.89. The first-order chi connectivity index (χ1) is 9.90. The molecule has 0 aromatic heterocycles. The number of amides is 1. The van der Waals surface area contributed by atoms with Crippen LogP contribution in [0.1, 0.15) is 23.7 Å². The topological polar surface area (TPSA) is 98.7 Å². The Morgan fingerprint density at radius 1 is 1.55 bits per heavy atom. The molecule has 122 valence electrons. The number of rotatable bonds is 4. The summed E-state index contributed by atoms with van der Waals surface area (Å²) in [5.74, 6) is 0.0718. The zero-order valence-electron chi connectivity index (χ0n) is 12.6. The molecule has 2 N–H and O–H groups in total. The van der Waals surface area contributed by atoms with Crippen molar-refractivity contribution in [2.75, 3.05) is 26.7 Å². The van der Waals surface area contributed by atoms with Crippen molar-refractivity contribution in [3.05, 3.63) is 33.9 Å². The number of likely N-dealkylation sites (tertiary alicyclic amines) is 1. The number of halogens is 1. The lowest BCUT2D eigenvalue weighted by Crippen LogP contribution is -2.34. The van der Waals surface area contributed by atoms with Gasteiger partial charge in [-0.25, -0.2) is 0 Å². The molecule has 1 aliphatic heterocycles. The van der Waals surface area contributed by atoms with Crippen molar-refractivity contribution >= 4 is 24.0 Å². The molecule has 0 radical (unpaired) electrons. The van der Waals surface area contributed by atoms with Crippen LogP contribution in [0.5, 0.6) is 5.75 Å². The van der Waals surface area contributed by atoms with E-state index in [1.54, 1.807) is 4.90 Å². The van der Waals surface area contributed by atoms with Gasteiger partial charge in [0, 0.05) is 19.2 Å². The second-order valence-corrected chi connectivity index (χ2v) is 5.63. The Labute approximate surface area is 135 Å². The van der Waals surface area contributed by atoms with Crippen LogP contribution in [0, 0.1) is 15.5 Å². The second kappa shape index (κ2) is 6.93. The zero-order valence-corrected chi connectivity index (χ0v) is 13.4. The summed E-state index contributed by atoms with van der Waals surface area (Å²) in [4.78, 5) is 24.7. The van der Waals surface area contributed by atoms with Crippen LogP contribution < -0.4 is 10.5 Å². The predicted octanol–water partition coefficient (Wildman–Crippen LogP) is 1.84. The summed E-state index contributed by atoms with van der Waals surface area (Å²) in [6.45, 7) is 3.56. The van der Waals surface area contributed by atoms with E-state index >= 15 is 0 Å². The summed E-state index contributed by atoms with van der Waals surface area (Å²) in [7, 11) is 1.46. The fraction of sp³-hybridized carbons (Fsp3) is 0.500. The molecular weight excluding hydrogens is 310 g/mol. The number of nitro groups is 1. The Bertz CT molecular complexity index is 581. The molecule has 0 spiro atoms. The minimum absolute atomic E-state index is 0. The summed E-state index contributed by atoms with van der Waals surface area (Å²) in [5, 5.41) is 11.1. The fourth-order valence-electron chi connectivity index (χ4n) is 2.51. The van der Waals surface area contributed by atoms with E-state index in [0.717, 1.165) is 6.42 Å². The van der Waals surface area contributed by atoms with E-state index < -0.39 is 4.92 Å². The van der Waals surface area contributed by atoms with Crippen LogP contribution in [0.2, 0.25) is 0 Å². The second-order valence-electron chi connectivity index (χ2n) is 5.63. The normalized spacial score (nSPS) is 20.4. The maximum Gasteiger partial charge on any atom is 0.282 e. The van der Waals surface area contributed by atoms with Gasteiger partial charge in [-0.1, -0.05) is 6.92 Å². The number of nitrogens with zero attached hydrogens (tertiary/aromatic N) is 2. The number of benzene rings is 1. The minimum Gasteiger partial charge on any atom is -0.497 e. The first-order valence-corrected chi connectivity index (χ1v) is 6.72. The molecule has 1 unspecified atom stereocenters. The van der Waals surface area contributed by atoms with Gasteiger partial charge < -0.3 is 15.4 Å². The highest BCUT2D eigenvalue weighted by atomic mass is 35.5. The molecule has 1 aromatic carbocycles. The third kappa shape index (κ3) is 3.48. The highest BCUT2D eigenvalue weighted by Crippen LogP contribution is 2.32. The number of methoxy groups -OCH3 is 1. The lowest BCUT2D eigenvalue weighted by Gasteiger charge is -2.22. The first-order valence-electron chi connectivity index (χ1n) is 6.72. The molecule has 0 bridgehead atoms. The highest BCUT2D eigenvalue weighted by Gasteiger charge is 2.37. The van der Waals surface area contributed by atoms with E-state index in [2.05, 4.69) is 0 Å². The summed E-state index contributed by atoms with van der Waals surface area (Å²) in [5.41, 5.74) is 5.45. The van der Waals surface area contributed by atoms with E-state index in [4.69, 9.17) is 10.5 Å². The van der Waals surface area contributed by atoms with E-state index in [-0.39, 0.29) is 35.0 Å². The number of carbonyl (C=O) groups is 1. The largest absolute Gasteiger partial charge is 0.497 e. The molecule has 22 heavy (non-hydrogen) atoms. The SMILES string of the molecule is COc1ccc([N+](=O)[O-])c(C(=O)N2CCC(C)(CN)C2)c1.Cl. The van der Waals surface area contributed by atoms with E-state index in [9.17, 15) is 14.9 Å². The van der Waals surface area contributed by atoms with Crippen LogP contribution in [0.15, 0.2) is 18.2 Å². The van der Waals surface area contributed by atoms with Crippen molar-refractivity contribution < 1.29 is 14.5 Å². The van der Waals surface area contributed by atoms with Gasteiger partial charge in [-0.15, -0.1) is 12.4 Å². The Morgan fingerprint density at radius 2 is 2.23 bits per heavy atom. The van der Waals surface area contributed by atoms with Crippen LogP contribution >= 0.6 is 12.4 Å². The van der Waals surface area contributed by atoms with E-state index in [1.165, 1.54) is 25.3 Å². The standard InChI is InChI=1S/C14H19N3O4.ClH/c1-14(8-15)5-6-16(9-14)13(18)11-7-10(21-2)3-4-12(11)17(19)20;/h3-4,7H,5-6,8-9,15H2,1-2H3;1H. The molecule has 2 rings (SSSR count). The van der Waals surface area contributed by atoms with Crippen molar-refractivity contribution in [3.63, 3.8) is 0 Å². The molecule has 1 fully saturated rings. The zero-order chi connectivity index (χ0) is 15.6. The lowest BCUT2D eigenvalue weighted by molar-refractivity contribution is -0.385. The fourth-order valence-corrected chi connectivity index (χ4v) is 2.51. The third-order valence-corrected chi connectivity index (χ3v) is 3.97. The minimum atomic E-state index is -0.551. The van der Waals surface area contributed by atoms with Crippen molar-refractivity contribution in [1.82, 2.24) is 4.90 Å². The Kier molecular flexibility index (Phi) is 5.73. The summed E-state index contributed by atoms with van der Waals surface area (Å²) in [6.07, 6.45) is 0.799. The number of hydrogen-bond donors (Lipinski definition) is 1. The number of nitrogens with two attached hydrogens (primary N) is 1. The molecule has 0 aliphatic carbocycles. The van der Waals surface area contributed by atoms with Gasteiger partial charge in [-0.3, -0.25) is 14.9 Å². The summed E-state index contributed by atoms with van der Waals surface area (Å²) in [6, 6.07) is 4.19. The maximum atomic E-state index is 12.6. The number of hydrogen-bond acceptors (Lipinski definition) is 5. The molecule has 1 aromatic rings. The molecule has 1 amide bonds. The maximum absolute atomic E-state index is 12.6. The average molecular weight is 330 g/mol. The van der Waals surface area contributed by atoms with Gasteiger partial charge in [0.1, 0.15) is 11.3 Å². The van der Waals surface area contributed by atoms with Crippen molar-refractivity contribution in [3.8, 4) is 5.75 Å². The number of ether oxygens (including phenoxy) is 1. The van der Waals surface area contributed by atoms with Gasteiger partial charge >= 0.3 is 0 Å². The molecule has 7 nitrogen and oxygen atoms in total. The predicted molar refractivity (Wildman–Crippen MR) is 84.6 cm³/mol. The van der Waals surface area contributed by atoms with Crippen LogP contribution in [-0.2, 0) is 0 Å². The quantitative estimate of drug-likeness (QED) is 0.671. The van der Waals surface area contributed by atoms with Crippen molar-refractivity contribution in [2.24, 2.45) is 11.1 Å². The number of nitro benzene ring substituents is 1.